The van der Waals surface area contributed by atoms with Gasteiger partial charge in [0.2, 0.25) is 0 Å². The molecule has 0 atom stereocenters. The predicted molar refractivity (Wildman–Crippen MR) is 124 cm³/mol. The molecular formula is C24H18N8O. The molecule has 0 aliphatic heterocycles. The number of fused-ring (bicyclic) bond motifs is 2. The van der Waals surface area contributed by atoms with E-state index < -0.39 is 0 Å². The molecule has 33 heavy (non-hydrogen) atoms. The zero-order valence-corrected chi connectivity index (χ0v) is 17.6. The first-order valence-electron chi connectivity index (χ1n) is 10.3. The summed E-state index contributed by atoms with van der Waals surface area (Å²) < 4.78 is 9.57. The number of aromatic nitrogens is 7. The van der Waals surface area contributed by atoms with Gasteiger partial charge in [0.15, 0.2) is 5.65 Å². The zero-order valence-electron chi connectivity index (χ0n) is 17.6. The van der Waals surface area contributed by atoms with Gasteiger partial charge in [-0.3, -0.25) is 0 Å². The molecular weight excluding hydrogens is 416 g/mol. The molecule has 0 unspecified atom stereocenters. The Hall–Kier alpha value is -4.79. The van der Waals surface area contributed by atoms with Crippen molar-refractivity contribution < 1.29 is 4.74 Å². The molecule has 6 aromatic rings. The molecule has 6 rings (SSSR count). The fourth-order valence-corrected chi connectivity index (χ4v) is 3.67. The lowest BCUT2D eigenvalue weighted by Crippen LogP contribution is -1.99. The van der Waals surface area contributed by atoms with Crippen LogP contribution < -0.4 is 10.1 Å². The quantitative estimate of drug-likeness (QED) is 0.420. The van der Waals surface area contributed by atoms with Crippen LogP contribution in [0.2, 0.25) is 0 Å². The summed E-state index contributed by atoms with van der Waals surface area (Å²) in [5.41, 5.74) is 4.40. The molecule has 1 N–H and O–H groups in total. The number of rotatable bonds is 5. The second-order valence-electron chi connectivity index (χ2n) is 7.51. The highest BCUT2D eigenvalue weighted by Crippen LogP contribution is 2.30. The lowest BCUT2D eigenvalue weighted by molar-refractivity contribution is 0.478. The van der Waals surface area contributed by atoms with Crippen molar-refractivity contribution in [2.45, 2.75) is 6.92 Å². The number of nitrogens with zero attached hydrogens (tertiary/aromatic N) is 7. The van der Waals surface area contributed by atoms with E-state index in [2.05, 4.69) is 30.5 Å². The fourth-order valence-electron chi connectivity index (χ4n) is 3.67. The molecule has 0 saturated carbocycles. The monoisotopic (exact) mass is 434 g/mol. The van der Waals surface area contributed by atoms with Gasteiger partial charge in [0.1, 0.15) is 30.0 Å². The molecule has 0 amide bonds. The highest BCUT2D eigenvalue weighted by atomic mass is 16.5. The highest BCUT2D eigenvalue weighted by molar-refractivity contribution is 5.92. The van der Waals surface area contributed by atoms with E-state index in [0.717, 1.165) is 45.1 Å². The van der Waals surface area contributed by atoms with E-state index in [1.807, 2.05) is 78.6 Å². The average molecular weight is 434 g/mol. The third-order valence-electron chi connectivity index (χ3n) is 5.31. The molecule has 4 heterocycles. The summed E-state index contributed by atoms with van der Waals surface area (Å²) in [5.74, 6) is 2.18. The van der Waals surface area contributed by atoms with Crippen molar-refractivity contribution in [3.8, 4) is 17.2 Å². The minimum atomic E-state index is 0.701. The Morgan fingerprint density at radius 3 is 2.73 bits per heavy atom. The Balaban J connectivity index is 1.29. The summed E-state index contributed by atoms with van der Waals surface area (Å²) >= 11 is 0. The van der Waals surface area contributed by atoms with Crippen molar-refractivity contribution in [3.05, 3.63) is 91.4 Å². The van der Waals surface area contributed by atoms with Crippen molar-refractivity contribution >= 4 is 28.1 Å². The first kappa shape index (κ1) is 18.9. The maximum absolute atomic E-state index is 6.07. The molecule has 0 saturated heterocycles. The zero-order chi connectivity index (χ0) is 22.2. The number of pyridine rings is 1. The lowest BCUT2D eigenvalue weighted by atomic mass is 10.1. The van der Waals surface area contributed by atoms with Crippen LogP contribution in [0, 0.1) is 6.92 Å². The third kappa shape index (κ3) is 3.61. The van der Waals surface area contributed by atoms with Crippen LogP contribution in [0.25, 0.3) is 22.2 Å². The minimum absolute atomic E-state index is 0.701. The maximum atomic E-state index is 6.07. The van der Waals surface area contributed by atoms with Gasteiger partial charge >= 0.3 is 0 Å². The van der Waals surface area contributed by atoms with Crippen LogP contribution in [0.4, 0.5) is 11.5 Å². The number of ether oxygens (including phenoxy) is 1. The first-order chi connectivity index (χ1) is 16.2. The summed E-state index contributed by atoms with van der Waals surface area (Å²) in [6.45, 7) is 2.00. The van der Waals surface area contributed by atoms with E-state index in [0.29, 0.717) is 5.75 Å². The van der Waals surface area contributed by atoms with Crippen molar-refractivity contribution in [1.29, 1.82) is 0 Å². The Bertz CT molecular complexity index is 1590. The Morgan fingerprint density at radius 2 is 1.85 bits per heavy atom. The van der Waals surface area contributed by atoms with Crippen LogP contribution in [0.15, 0.2) is 85.8 Å². The highest BCUT2D eigenvalue weighted by Gasteiger charge is 2.09. The van der Waals surface area contributed by atoms with E-state index >= 15 is 0 Å². The number of benzene rings is 2. The third-order valence-corrected chi connectivity index (χ3v) is 5.31. The van der Waals surface area contributed by atoms with Crippen molar-refractivity contribution in [3.63, 3.8) is 0 Å². The van der Waals surface area contributed by atoms with Crippen molar-refractivity contribution in [2.24, 2.45) is 0 Å². The van der Waals surface area contributed by atoms with Gasteiger partial charge in [-0.25, -0.2) is 24.1 Å². The molecule has 0 fully saturated rings. The number of hydrogen-bond acceptors (Lipinski definition) is 7. The molecule has 160 valence electrons. The summed E-state index contributed by atoms with van der Waals surface area (Å²) in [5, 5.41) is 12.7. The van der Waals surface area contributed by atoms with E-state index in [1.165, 1.54) is 6.33 Å². The largest absolute Gasteiger partial charge is 0.457 e. The molecule has 4 aromatic heterocycles. The van der Waals surface area contributed by atoms with Crippen molar-refractivity contribution in [1.82, 2.24) is 34.3 Å². The van der Waals surface area contributed by atoms with E-state index in [4.69, 9.17) is 4.74 Å². The normalized spacial score (nSPS) is 11.2. The van der Waals surface area contributed by atoms with Crippen molar-refractivity contribution in [2.75, 3.05) is 5.32 Å². The van der Waals surface area contributed by atoms with Crippen LogP contribution in [0.1, 0.15) is 5.56 Å². The standard InChI is InChI=1S/C24H18N8O/c1-16-11-17(3-6-22(16)33-19-7-10-32-23(13-19)26-15-29-32)30-24-20-12-18(31-9-2-8-28-31)4-5-21(20)25-14-27-24/h2-15H,1H3,(H,25,27,30). The lowest BCUT2D eigenvalue weighted by Gasteiger charge is -2.13. The van der Waals surface area contributed by atoms with Gasteiger partial charge in [-0.05, 0) is 61.0 Å². The Kier molecular flexibility index (Phi) is 4.43. The summed E-state index contributed by atoms with van der Waals surface area (Å²) in [7, 11) is 0. The summed E-state index contributed by atoms with van der Waals surface area (Å²) in [6.07, 6.45) is 8.55. The first-order valence-corrected chi connectivity index (χ1v) is 10.3. The molecule has 9 nitrogen and oxygen atoms in total. The molecule has 0 aliphatic carbocycles. The van der Waals surface area contributed by atoms with Crippen LogP contribution in [-0.2, 0) is 0 Å². The van der Waals surface area contributed by atoms with Crippen LogP contribution in [-0.4, -0.2) is 34.3 Å². The van der Waals surface area contributed by atoms with Crippen LogP contribution in [0.5, 0.6) is 11.5 Å². The van der Waals surface area contributed by atoms with E-state index in [1.54, 1.807) is 17.0 Å². The molecule has 0 aliphatic rings. The van der Waals surface area contributed by atoms with Gasteiger partial charge in [-0.15, -0.1) is 0 Å². The van der Waals surface area contributed by atoms with Gasteiger partial charge < -0.3 is 10.1 Å². The van der Waals surface area contributed by atoms with Gasteiger partial charge in [0.25, 0.3) is 0 Å². The number of aryl methyl sites for hydroxylation is 1. The second kappa shape index (κ2) is 7.72. The minimum Gasteiger partial charge on any atom is -0.457 e. The topological polar surface area (TPSA) is 95.0 Å². The smallest absolute Gasteiger partial charge is 0.158 e. The van der Waals surface area contributed by atoms with Gasteiger partial charge in [-0.1, -0.05) is 0 Å². The van der Waals surface area contributed by atoms with E-state index in [9.17, 15) is 0 Å². The fraction of sp³-hybridized carbons (Fsp3) is 0.0417. The predicted octanol–water partition coefficient (Wildman–Crippen LogP) is 4.70. The Morgan fingerprint density at radius 1 is 0.879 bits per heavy atom. The van der Waals surface area contributed by atoms with Gasteiger partial charge in [-0.2, -0.15) is 10.2 Å². The molecule has 0 radical (unpaired) electrons. The SMILES string of the molecule is Cc1cc(Nc2ncnc3ccc(-n4cccn4)cc23)ccc1Oc1ccn2ncnc2c1. The average Bonchev–Trinajstić information content (AvgIpc) is 3.53. The molecule has 2 aromatic carbocycles. The van der Waals surface area contributed by atoms with Gasteiger partial charge in [0.05, 0.1) is 11.2 Å². The van der Waals surface area contributed by atoms with Crippen LogP contribution in [0.3, 0.4) is 0 Å². The molecule has 0 bridgehead atoms. The Labute approximate surface area is 188 Å². The summed E-state index contributed by atoms with van der Waals surface area (Å²) in [6, 6.07) is 17.5. The van der Waals surface area contributed by atoms with E-state index in [-0.39, 0.29) is 0 Å². The summed E-state index contributed by atoms with van der Waals surface area (Å²) in [4.78, 5) is 13.1. The van der Waals surface area contributed by atoms with Crippen LogP contribution >= 0.6 is 0 Å². The maximum Gasteiger partial charge on any atom is 0.158 e. The van der Waals surface area contributed by atoms with Gasteiger partial charge in [0, 0.05) is 35.7 Å². The number of hydrogen-bond donors (Lipinski definition) is 1. The second-order valence-corrected chi connectivity index (χ2v) is 7.51. The molecule has 9 heteroatoms. The number of anilines is 2. The number of nitrogens with one attached hydrogen (secondary N) is 1. The molecule has 0 spiro atoms.